The van der Waals surface area contributed by atoms with Crippen LogP contribution < -0.4 is 15.6 Å². The maximum Gasteiger partial charge on any atom is 0.266 e. The van der Waals surface area contributed by atoms with Crippen LogP contribution in [-0.4, -0.2) is 54.0 Å². The summed E-state index contributed by atoms with van der Waals surface area (Å²) in [6.45, 7) is 2.87. The zero-order chi connectivity index (χ0) is 24.6. The number of aromatic nitrogens is 2. The van der Waals surface area contributed by atoms with Crippen molar-refractivity contribution in [3.63, 3.8) is 0 Å². The third-order valence-electron chi connectivity index (χ3n) is 6.06. The van der Waals surface area contributed by atoms with E-state index in [9.17, 15) is 15.2 Å². The van der Waals surface area contributed by atoms with Gasteiger partial charge >= 0.3 is 0 Å². The number of methoxy groups -OCH3 is 2. The predicted molar refractivity (Wildman–Crippen MR) is 128 cm³/mol. The number of ether oxygens (including phenoxy) is 3. The van der Waals surface area contributed by atoms with E-state index in [-0.39, 0.29) is 18.8 Å². The van der Waals surface area contributed by atoms with Gasteiger partial charge in [-0.05, 0) is 30.7 Å². The van der Waals surface area contributed by atoms with E-state index in [2.05, 4.69) is 23.4 Å². The second-order valence-corrected chi connectivity index (χ2v) is 8.66. The van der Waals surface area contributed by atoms with E-state index >= 15 is 0 Å². The molecule has 1 aromatic carbocycles. The SMILES string of the molecule is CCCCCCCn1nc(N[C@@H]2c3cc(C#N)ccc3OC(COC)(COC)[C@H]2O)ccc1=O. The third-order valence-corrected chi connectivity index (χ3v) is 6.06. The Balaban J connectivity index is 1.92. The van der Waals surface area contributed by atoms with Crippen molar-refractivity contribution < 1.29 is 19.3 Å². The number of nitrogens with one attached hydrogen (secondary N) is 1. The molecule has 2 aromatic rings. The quantitative estimate of drug-likeness (QED) is 0.455. The lowest BCUT2D eigenvalue weighted by molar-refractivity contribution is -0.142. The van der Waals surface area contributed by atoms with Crippen LogP contribution in [0.3, 0.4) is 0 Å². The molecule has 2 N–H and O–H groups in total. The molecule has 0 spiro atoms. The average Bonchev–Trinajstić information content (AvgIpc) is 2.83. The van der Waals surface area contributed by atoms with Gasteiger partial charge in [-0.1, -0.05) is 32.6 Å². The number of unbranched alkanes of at least 4 members (excludes halogenated alkanes) is 4. The van der Waals surface area contributed by atoms with Crippen LogP contribution in [0.25, 0.3) is 0 Å². The number of benzene rings is 1. The number of aryl methyl sites for hydroxylation is 1. The van der Waals surface area contributed by atoms with Crippen molar-refractivity contribution in [3.05, 3.63) is 51.8 Å². The summed E-state index contributed by atoms with van der Waals surface area (Å²) in [6, 6.07) is 9.57. The molecule has 0 bridgehead atoms. The van der Waals surface area contributed by atoms with Crippen LogP contribution in [0.15, 0.2) is 35.1 Å². The normalized spacial score (nSPS) is 18.6. The summed E-state index contributed by atoms with van der Waals surface area (Å²) >= 11 is 0. The average molecular weight is 471 g/mol. The molecule has 0 fully saturated rings. The molecule has 1 aliphatic rings. The summed E-state index contributed by atoms with van der Waals surface area (Å²) in [5, 5.41) is 28.6. The Bertz CT molecular complexity index is 1040. The number of fused-ring (bicyclic) bond motifs is 1. The van der Waals surface area contributed by atoms with Crippen molar-refractivity contribution in [2.75, 3.05) is 32.8 Å². The molecule has 0 aliphatic carbocycles. The van der Waals surface area contributed by atoms with Crippen molar-refractivity contribution in [2.24, 2.45) is 0 Å². The predicted octanol–water partition coefficient (Wildman–Crippen LogP) is 3.02. The molecule has 1 aromatic heterocycles. The number of hydrogen-bond acceptors (Lipinski definition) is 8. The Hall–Kier alpha value is -2.93. The highest BCUT2D eigenvalue weighted by molar-refractivity contribution is 5.50. The molecule has 0 amide bonds. The third kappa shape index (κ3) is 5.76. The van der Waals surface area contributed by atoms with Gasteiger partial charge in [0.05, 0.1) is 30.9 Å². The molecular weight excluding hydrogens is 436 g/mol. The molecule has 3 rings (SSSR count). The number of aliphatic hydroxyl groups is 1. The highest BCUT2D eigenvalue weighted by atomic mass is 16.6. The van der Waals surface area contributed by atoms with Gasteiger partial charge in [0.15, 0.2) is 5.60 Å². The van der Waals surface area contributed by atoms with E-state index in [4.69, 9.17) is 14.2 Å². The first-order chi connectivity index (χ1) is 16.5. The zero-order valence-corrected chi connectivity index (χ0v) is 20.1. The van der Waals surface area contributed by atoms with Crippen molar-refractivity contribution in [1.29, 1.82) is 5.26 Å². The Kier molecular flexibility index (Phi) is 9.05. The molecule has 2 heterocycles. The number of hydrogen-bond donors (Lipinski definition) is 2. The standard InChI is InChI=1S/C25H34N4O5/c1-4-5-6-7-8-13-29-22(30)12-11-21(28-29)27-23-19-14-18(15-26)9-10-20(19)34-25(16-32-2,17-33-3)24(23)31/h9-12,14,23-24,31H,4-8,13,16-17H2,1-3H3,(H,27,28)/t23-,24+/m1/s1. The topological polar surface area (TPSA) is 119 Å². The molecule has 184 valence electrons. The number of rotatable bonds is 12. The van der Waals surface area contributed by atoms with E-state index in [1.165, 1.54) is 31.4 Å². The number of nitriles is 1. The first-order valence-corrected chi connectivity index (χ1v) is 11.7. The fraction of sp³-hybridized carbons (Fsp3) is 0.560. The molecule has 9 nitrogen and oxygen atoms in total. The largest absolute Gasteiger partial charge is 0.479 e. The minimum atomic E-state index is -1.17. The summed E-state index contributed by atoms with van der Waals surface area (Å²) in [5.74, 6) is 0.955. The second kappa shape index (κ2) is 12.0. The van der Waals surface area contributed by atoms with E-state index < -0.39 is 17.7 Å². The Labute approximate surface area is 200 Å². The van der Waals surface area contributed by atoms with Crippen LogP contribution in [0.5, 0.6) is 5.75 Å². The van der Waals surface area contributed by atoms with E-state index in [0.717, 1.165) is 25.7 Å². The molecule has 0 saturated heterocycles. The zero-order valence-electron chi connectivity index (χ0n) is 20.1. The molecule has 2 atom stereocenters. The number of aliphatic hydroxyl groups excluding tert-OH is 1. The van der Waals surface area contributed by atoms with Gasteiger partial charge < -0.3 is 24.6 Å². The van der Waals surface area contributed by atoms with Gasteiger partial charge in [-0.25, -0.2) is 4.68 Å². The first-order valence-electron chi connectivity index (χ1n) is 11.7. The molecular formula is C25H34N4O5. The van der Waals surface area contributed by atoms with Crippen LogP contribution in [0.1, 0.15) is 56.2 Å². The summed E-state index contributed by atoms with van der Waals surface area (Å²) in [6.07, 6.45) is 4.30. The minimum Gasteiger partial charge on any atom is -0.479 e. The maximum absolute atomic E-state index is 12.3. The second-order valence-electron chi connectivity index (χ2n) is 8.66. The monoisotopic (exact) mass is 470 g/mol. The Morgan fingerprint density at radius 2 is 1.91 bits per heavy atom. The van der Waals surface area contributed by atoms with Gasteiger partial charge in [0, 0.05) is 32.4 Å². The molecule has 9 heteroatoms. The smallest absolute Gasteiger partial charge is 0.266 e. The van der Waals surface area contributed by atoms with Gasteiger partial charge in [-0.3, -0.25) is 4.79 Å². The molecule has 34 heavy (non-hydrogen) atoms. The molecule has 0 unspecified atom stereocenters. The highest BCUT2D eigenvalue weighted by Crippen LogP contribution is 2.42. The summed E-state index contributed by atoms with van der Waals surface area (Å²) in [4.78, 5) is 12.3. The van der Waals surface area contributed by atoms with E-state index in [1.54, 1.807) is 24.3 Å². The van der Waals surface area contributed by atoms with Crippen molar-refractivity contribution in [1.82, 2.24) is 9.78 Å². The highest BCUT2D eigenvalue weighted by Gasteiger charge is 2.50. The lowest BCUT2D eigenvalue weighted by atomic mass is 9.84. The first kappa shape index (κ1) is 25.7. The van der Waals surface area contributed by atoms with Crippen molar-refractivity contribution in [3.8, 4) is 11.8 Å². The lowest BCUT2D eigenvalue weighted by Crippen LogP contribution is -2.60. The minimum absolute atomic E-state index is 0.0876. The van der Waals surface area contributed by atoms with Crippen LogP contribution in [-0.2, 0) is 16.0 Å². The van der Waals surface area contributed by atoms with Crippen LogP contribution in [0, 0.1) is 11.3 Å². The van der Waals surface area contributed by atoms with Crippen LogP contribution in [0.2, 0.25) is 0 Å². The van der Waals surface area contributed by atoms with Crippen LogP contribution in [0.4, 0.5) is 5.82 Å². The van der Waals surface area contributed by atoms with Gasteiger partial charge in [0.1, 0.15) is 17.7 Å². The van der Waals surface area contributed by atoms with Gasteiger partial charge in [0.25, 0.3) is 5.56 Å². The molecule has 0 saturated carbocycles. The molecule has 0 radical (unpaired) electrons. The Morgan fingerprint density at radius 1 is 1.18 bits per heavy atom. The number of nitrogens with zero attached hydrogens (tertiary/aromatic N) is 3. The Morgan fingerprint density at radius 3 is 2.59 bits per heavy atom. The van der Waals surface area contributed by atoms with Crippen molar-refractivity contribution in [2.45, 2.75) is 63.3 Å². The lowest BCUT2D eigenvalue weighted by Gasteiger charge is -2.45. The summed E-state index contributed by atoms with van der Waals surface area (Å²) in [5.41, 5.74) is -0.282. The van der Waals surface area contributed by atoms with Gasteiger partial charge in [-0.15, -0.1) is 0 Å². The summed E-state index contributed by atoms with van der Waals surface area (Å²) in [7, 11) is 3.06. The van der Waals surface area contributed by atoms with E-state index in [1.807, 2.05) is 0 Å². The van der Waals surface area contributed by atoms with Gasteiger partial charge in [0.2, 0.25) is 0 Å². The maximum atomic E-state index is 12.3. The summed E-state index contributed by atoms with van der Waals surface area (Å²) < 4.78 is 18.4. The fourth-order valence-corrected chi connectivity index (χ4v) is 4.33. The van der Waals surface area contributed by atoms with Crippen LogP contribution >= 0.6 is 0 Å². The van der Waals surface area contributed by atoms with E-state index in [0.29, 0.717) is 29.2 Å². The van der Waals surface area contributed by atoms with Gasteiger partial charge in [-0.2, -0.15) is 10.4 Å². The van der Waals surface area contributed by atoms with Crippen molar-refractivity contribution >= 4 is 5.82 Å². The number of anilines is 1. The molecule has 1 aliphatic heterocycles. The fourth-order valence-electron chi connectivity index (χ4n) is 4.33.